The second-order valence-corrected chi connectivity index (χ2v) is 8.45. The lowest BCUT2D eigenvalue weighted by atomic mass is 10.0. The van der Waals surface area contributed by atoms with Crippen molar-refractivity contribution in [1.29, 1.82) is 0 Å². The lowest BCUT2D eigenvalue weighted by molar-refractivity contribution is -0.133. The molecule has 6 heteroatoms. The fourth-order valence-corrected chi connectivity index (χ4v) is 4.42. The smallest absolute Gasteiger partial charge is 0.262 e. The lowest BCUT2D eigenvalue weighted by Crippen LogP contribution is -2.50. The minimum absolute atomic E-state index is 0.0473. The van der Waals surface area contributed by atoms with Gasteiger partial charge in [-0.3, -0.25) is 9.59 Å². The van der Waals surface area contributed by atoms with Gasteiger partial charge < -0.3 is 15.1 Å². The number of hydrogen-bond donors (Lipinski definition) is 1. The number of carbonyl (C=O) groups is 2. The maximum Gasteiger partial charge on any atom is 0.262 e. The number of thiophene rings is 1. The Morgan fingerprint density at radius 3 is 2.53 bits per heavy atom. The first-order chi connectivity index (χ1) is 14.6. The van der Waals surface area contributed by atoms with Crippen LogP contribution in [0.25, 0.3) is 0 Å². The van der Waals surface area contributed by atoms with Gasteiger partial charge in [-0.1, -0.05) is 54.6 Å². The number of hydrogen-bond acceptors (Lipinski definition) is 4. The third kappa shape index (κ3) is 4.54. The van der Waals surface area contributed by atoms with Crippen LogP contribution in [-0.4, -0.2) is 42.9 Å². The highest BCUT2D eigenvalue weighted by Gasteiger charge is 2.29. The van der Waals surface area contributed by atoms with Gasteiger partial charge in [0.25, 0.3) is 5.91 Å². The molecule has 0 bridgehead atoms. The summed E-state index contributed by atoms with van der Waals surface area (Å²) in [5, 5.41) is 4.85. The third-order valence-electron chi connectivity index (χ3n) is 5.41. The van der Waals surface area contributed by atoms with Crippen LogP contribution in [0.4, 0.5) is 5.69 Å². The molecule has 0 saturated heterocycles. The number of para-hydroxylation sites is 1. The fourth-order valence-electron chi connectivity index (χ4n) is 3.79. The molecule has 4 rings (SSSR count). The maximum atomic E-state index is 13.6. The average Bonchev–Trinajstić information content (AvgIpc) is 3.26. The van der Waals surface area contributed by atoms with Crippen molar-refractivity contribution in [3.63, 3.8) is 0 Å². The standard InChI is InChI=1S/C24H25N3O2S/c1-26-13-14-27(17-19-10-5-6-11-21(19)26)24(29)20(16-18-8-3-2-4-9-18)25-23(28)22-12-7-15-30-22/h2-12,15,20H,13-14,16-17H2,1H3,(H,25,28). The molecular formula is C24H25N3O2S. The zero-order chi connectivity index (χ0) is 20.9. The molecular weight excluding hydrogens is 394 g/mol. The van der Waals surface area contributed by atoms with Crippen molar-refractivity contribution < 1.29 is 9.59 Å². The van der Waals surface area contributed by atoms with Crippen LogP contribution in [0, 0.1) is 0 Å². The molecule has 0 spiro atoms. The molecule has 154 valence electrons. The molecule has 0 fully saturated rings. The SMILES string of the molecule is CN1CCN(C(=O)C(Cc2ccccc2)NC(=O)c2cccs2)Cc2ccccc21. The monoisotopic (exact) mass is 419 g/mol. The second-order valence-electron chi connectivity index (χ2n) is 7.50. The Labute approximate surface area is 180 Å². The largest absolute Gasteiger partial charge is 0.373 e. The van der Waals surface area contributed by atoms with Crippen molar-refractivity contribution >= 4 is 28.8 Å². The molecule has 2 heterocycles. The summed E-state index contributed by atoms with van der Waals surface area (Å²) in [6.07, 6.45) is 0.463. The number of anilines is 1. The van der Waals surface area contributed by atoms with Crippen LogP contribution in [0.2, 0.25) is 0 Å². The molecule has 0 aliphatic carbocycles. The number of fused-ring (bicyclic) bond motifs is 1. The van der Waals surface area contributed by atoms with E-state index < -0.39 is 6.04 Å². The van der Waals surface area contributed by atoms with Crippen LogP contribution in [-0.2, 0) is 17.8 Å². The minimum Gasteiger partial charge on any atom is -0.373 e. The predicted molar refractivity (Wildman–Crippen MR) is 121 cm³/mol. The summed E-state index contributed by atoms with van der Waals surface area (Å²) < 4.78 is 0. The topological polar surface area (TPSA) is 52.6 Å². The Hall–Kier alpha value is -3.12. The third-order valence-corrected chi connectivity index (χ3v) is 6.28. The Morgan fingerprint density at radius 2 is 1.77 bits per heavy atom. The summed E-state index contributed by atoms with van der Waals surface area (Å²) in [5.41, 5.74) is 3.29. The zero-order valence-electron chi connectivity index (χ0n) is 17.0. The number of benzene rings is 2. The van der Waals surface area contributed by atoms with Gasteiger partial charge in [0.05, 0.1) is 4.88 Å². The molecule has 3 aromatic rings. The van der Waals surface area contributed by atoms with E-state index in [1.807, 2.05) is 65.9 Å². The summed E-state index contributed by atoms with van der Waals surface area (Å²) in [4.78, 5) is 31.0. The molecule has 1 atom stereocenters. The normalized spacial score (nSPS) is 14.6. The Balaban J connectivity index is 1.57. The highest BCUT2D eigenvalue weighted by atomic mass is 32.1. The van der Waals surface area contributed by atoms with Crippen molar-refractivity contribution in [2.75, 3.05) is 25.0 Å². The van der Waals surface area contributed by atoms with Crippen LogP contribution in [0.3, 0.4) is 0 Å². The predicted octanol–water partition coefficient (Wildman–Crippen LogP) is 3.57. The number of amides is 2. The van der Waals surface area contributed by atoms with Crippen molar-refractivity contribution in [2.24, 2.45) is 0 Å². The van der Waals surface area contributed by atoms with Gasteiger partial charge in [-0.2, -0.15) is 0 Å². The Bertz CT molecular complexity index is 1000. The van der Waals surface area contributed by atoms with Gasteiger partial charge in [0.2, 0.25) is 5.91 Å². The van der Waals surface area contributed by atoms with E-state index in [1.165, 1.54) is 11.3 Å². The molecule has 1 aliphatic rings. The van der Waals surface area contributed by atoms with Crippen molar-refractivity contribution in [3.05, 3.63) is 88.1 Å². The van der Waals surface area contributed by atoms with Gasteiger partial charge in [0, 0.05) is 38.8 Å². The Morgan fingerprint density at radius 1 is 1.00 bits per heavy atom. The van der Waals surface area contributed by atoms with Crippen molar-refractivity contribution in [3.8, 4) is 0 Å². The molecule has 2 amide bonds. The van der Waals surface area contributed by atoms with E-state index in [-0.39, 0.29) is 11.8 Å². The number of likely N-dealkylation sites (N-methyl/N-ethyl adjacent to an activating group) is 1. The lowest BCUT2D eigenvalue weighted by Gasteiger charge is -2.27. The quantitative estimate of drug-likeness (QED) is 0.688. The molecule has 1 aliphatic heterocycles. The molecule has 30 heavy (non-hydrogen) atoms. The van der Waals surface area contributed by atoms with E-state index >= 15 is 0 Å². The minimum atomic E-state index is -0.613. The highest BCUT2D eigenvalue weighted by molar-refractivity contribution is 7.12. The van der Waals surface area contributed by atoms with E-state index in [0.29, 0.717) is 24.4 Å². The van der Waals surface area contributed by atoms with Gasteiger partial charge in [-0.25, -0.2) is 0 Å². The van der Waals surface area contributed by atoms with Gasteiger partial charge in [0.15, 0.2) is 0 Å². The molecule has 0 radical (unpaired) electrons. The van der Waals surface area contributed by atoms with E-state index in [9.17, 15) is 9.59 Å². The zero-order valence-corrected chi connectivity index (χ0v) is 17.8. The van der Waals surface area contributed by atoms with Crippen LogP contribution in [0.1, 0.15) is 20.8 Å². The first-order valence-corrected chi connectivity index (χ1v) is 11.0. The summed E-state index contributed by atoms with van der Waals surface area (Å²) >= 11 is 1.38. The first-order valence-electron chi connectivity index (χ1n) is 10.1. The van der Waals surface area contributed by atoms with Gasteiger partial charge >= 0.3 is 0 Å². The average molecular weight is 420 g/mol. The van der Waals surface area contributed by atoms with Crippen LogP contribution < -0.4 is 10.2 Å². The van der Waals surface area contributed by atoms with E-state index in [1.54, 1.807) is 6.07 Å². The number of nitrogens with one attached hydrogen (secondary N) is 1. The van der Waals surface area contributed by atoms with Gasteiger partial charge in [-0.15, -0.1) is 11.3 Å². The van der Waals surface area contributed by atoms with E-state index in [4.69, 9.17) is 0 Å². The number of nitrogens with zero attached hydrogens (tertiary/aromatic N) is 2. The fraction of sp³-hybridized carbons (Fsp3) is 0.250. The van der Waals surface area contributed by atoms with Crippen molar-refractivity contribution in [1.82, 2.24) is 10.2 Å². The second kappa shape index (κ2) is 9.13. The van der Waals surface area contributed by atoms with Crippen LogP contribution in [0.15, 0.2) is 72.1 Å². The van der Waals surface area contributed by atoms with E-state index in [2.05, 4.69) is 22.3 Å². The first kappa shape index (κ1) is 20.2. The molecule has 1 aromatic heterocycles. The number of carbonyl (C=O) groups excluding carboxylic acids is 2. The van der Waals surface area contributed by atoms with Gasteiger partial charge in [0.1, 0.15) is 6.04 Å². The Kier molecular flexibility index (Phi) is 6.14. The van der Waals surface area contributed by atoms with Crippen LogP contribution in [0.5, 0.6) is 0 Å². The van der Waals surface area contributed by atoms with Crippen molar-refractivity contribution in [2.45, 2.75) is 19.0 Å². The summed E-state index contributed by atoms with van der Waals surface area (Å²) in [6.45, 7) is 1.91. The maximum absolute atomic E-state index is 13.6. The molecule has 0 saturated carbocycles. The highest BCUT2D eigenvalue weighted by Crippen LogP contribution is 2.24. The molecule has 1 unspecified atom stereocenters. The molecule has 5 nitrogen and oxygen atoms in total. The summed E-state index contributed by atoms with van der Waals surface area (Å²) in [6, 6.07) is 21.0. The summed E-state index contributed by atoms with van der Waals surface area (Å²) in [5.74, 6) is -0.250. The number of rotatable bonds is 5. The molecule has 1 N–H and O–H groups in total. The van der Waals surface area contributed by atoms with E-state index in [0.717, 1.165) is 23.4 Å². The molecule has 2 aromatic carbocycles. The summed E-state index contributed by atoms with van der Waals surface area (Å²) in [7, 11) is 2.05. The van der Waals surface area contributed by atoms with Gasteiger partial charge in [-0.05, 0) is 28.6 Å². The van der Waals surface area contributed by atoms with Crippen LogP contribution >= 0.6 is 11.3 Å².